The second-order valence-electron chi connectivity index (χ2n) is 3.54. The van der Waals surface area contributed by atoms with Crippen LogP contribution in [0.25, 0.3) is 0 Å². The summed E-state index contributed by atoms with van der Waals surface area (Å²) in [5, 5.41) is 0. The Kier molecular flexibility index (Phi) is 11.3. The molecule has 0 saturated carbocycles. The normalized spacial score (nSPS) is 17.1. The lowest BCUT2D eigenvalue weighted by atomic mass is 10.3. The quantitative estimate of drug-likeness (QED) is 0.346. The van der Waals surface area contributed by atoms with Crippen molar-refractivity contribution < 1.29 is 0 Å². The fraction of sp³-hybridized carbons (Fsp3) is 0.900. The number of rotatable bonds is 5. The minimum atomic E-state index is 0. The van der Waals surface area contributed by atoms with Gasteiger partial charge in [-0.15, -0.1) is 24.0 Å². The number of nitrogens with two attached hydrogens (primary N) is 1. The molecule has 0 amide bonds. The van der Waals surface area contributed by atoms with Crippen molar-refractivity contribution in [2.75, 3.05) is 43.1 Å². The van der Waals surface area contributed by atoms with Gasteiger partial charge in [-0.05, 0) is 24.9 Å². The van der Waals surface area contributed by atoms with Crippen LogP contribution >= 0.6 is 47.5 Å². The van der Waals surface area contributed by atoms with Gasteiger partial charge in [0, 0.05) is 31.1 Å². The number of aliphatic imine (C=N–C) groups is 1. The summed E-state index contributed by atoms with van der Waals surface area (Å²) in [4.78, 5) is 6.62. The maximum atomic E-state index is 5.92. The molecule has 0 spiro atoms. The van der Waals surface area contributed by atoms with Crippen LogP contribution in [-0.2, 0) is 0 Å². The number of thioether (sulfide) groups is 2. The summed E-state index contributed by atoms with van der Waals surface area (Å²) in [5.41, 5.74) is 5.92. The van der Waals surface area contributed by atoms with E-state index in [4.69, 9.17) is 5.73 Å². The molecule has 0 aromatic rings. The average Bonchev–Trinajstić information content (AvgIpc) is 2.30. The van der Waals surface area contributed by atoms with Crippen LogP contribution in [0.1, 0.15) is 12.8 Å². The van der Waals surface area contributed by atoms with Crippen molar-refractivity contribution in [1.29, 1.82) is 0 Å². The van der Waals surface area contributed by atoms with Crippen LogP contribution in [0.2, 0.25) is 0 Å². The average molecular weight is 375 g/mol. The highest BCUT2D eigenvalue weighted by atomic mass is 127. The predicted molar refractivity (Wildman–Crippen MR) is 88.4 cm³/mol. The van der Waals surface area contributed by atoms with Crippen LogP contribution < -0.4 is 5.73 Å². The molecular formula is C10H22IN3S2. The van der Waals surface area contributed by atoms with E-state index in [-0.39, 0.29) is 24.0 Å². The second kappa shape index (κ2) is 10.8. The van der Waals surface area contributed by atoms with Crippen LogP contribution in [-0.4, -0.2) is 54.0 Å². The van der Waals surface area contributed by atoms with E-state index < -0.39 is 0 Å². The van der Waals surface area contributed by atoms with E-state index in [9.17, 15) is 0 Å². The van der Waals surface area contributed by atoms with E-state index in [2.05, 4.69) is 16.1 Å². The highest BCUT2D eigenvalue weighted by Gasteiger charge is 2.11. The summed E-state index contributed by atoms with van der Waals surface area (Å²) in [6.45, 7) is 3.01. The van der Waals surface area contributed by atoms with Gasteiger partial charge in [0.25, 0.3) is 0 Å². The Bertz CT molecular complexity index is 197. The molecule has 6 heteroatoms. The van der Waals surface area contributed by atoms with Crippen molar-refractivity contribution in [3.63, 3.8) is 0 Å². The van der Waals surface area contributed by atoms with Gasteiger partial charge in [-0.2, -0.15) is 23.5 Å². The summed E-state index contributed by atoms with van der Waals surface area (Å²) in [6.07, 6.45) is 4.54. The van der Waals surface area contributed by atoms with Crippen molar-refractivity contribution in [3.8, 4) is 0 Å². The maximum Gasteiger partial charge on any atom is 0.191 e. The standard InChI is InChI=1S/C10H21N3S2.HI/c1-14-7-3-2-4-12-10(11)13-5-8-15-9-6-13;/h2-9H2,1H3,(H2,11,12);1H. The molecular weight excluding hydrogens is 353 g/mol. The van der Waals surface area contributed by atoms with E-state index >= 15 is 0 Å². The number of hydrogen-bond donors (Lipinski definition) is 1. The highest BCUT2D eigenvalue weighted by Crippen LogP contribution is 2.08. The van der Waals surface area contributed by atoms with Gasteiger partial charge < -0.3 is 10.6 Å². The molecule has 0 aromatic heterocycles. The molecule has 0 unspecified atom stereocenters. The van der Waals surface area contributed by atoms with Gasteiger partial charge in [-0.1, -0.05) is 0 Å². The SMILES string of the molecule is CSCCCCN=C(N)N1CCSCC1.I. The fourth-order valence-electron chi connectivity index (χ4n) is 1.44. The van der Waals surface area contributed by atoms with E-state index in [1.807, 2.05) is 23.5 Å². The predicted octanol–water partition coefficient (Wildman–Crippen LogP) is 2.11. The molecule has 16 heavy (non-hydrogen) atoms. The van der Waals surface area contributed by atoms with Crippen molar-refractivity contribution in [1.82, 2.24) is 4.90 Å². The molecule has 1 aliphatic heterocycles. The Labute approximate surface area is 124 Å². The van der Waals surface area contributed by atoms with E-state index in [1.54, 1.807) is 0 Å². The topological polar surface area (TPSA) is 41.6 Å². The van der Waals surface area contributed by atoms with Gasteiger partial charge in [-0.3, -0.25) is 4.99 Å². The van der Waals surface area contributed by atoms with Gasteiger partial charge in [0.05, 0.1) is 0 Å². The van der Waals surface area contributed by atoms with Crippen LogP contribution in [0.5, 0.6) is 0 Å². The number of unbranched alkanes of at least 4 members (excludes halogenated alkanes) is 1. The van der Waals surface area contributed by atoms with Crippen LogP contribution in [0.3, 0.4) is 0 Å². The zero-order chi connectivity index (χ0) is 10.9. The Morgan fingerprint density at radius 2 is 2.06 bits per heavy atom. The van der Waals surface area contributed by atoms with Crippen LogP contribution in [0.15, 0.2) is 4.99 Å². The molecule has 1 fully saturated rings. The van der Waals surface area contributed by atoms with E-state index in [1.165, 1.54) is 23.7 Å². The number of guanidine groups is 1. The summed E-state index contributed by atoms with van der Waals surface area (Å²) >= 11 is 3.89. The molecule has 1 aliphatic rings. The Balaban J connectivity index is 0.00000225. The molecule has 0 aliphatic carbocycles. The summed E-state index contributed by atoms with van der Waals surface area (Å²) in [6, 6.07) is 0. The smallest absolute Gasteiger partial charge is 0.191 e. The monoisotopic (exact) mass is 375 g/mol. The molecule has 1 heterocycles. The number of nitrogens with zero attached hydrogens (tertiary/aromatic N) is 2. The lowest BCUT2D eigenvalue weighted by molar-refractivity contribution is 0.455. The third kappa shape index (κ3) is 7.11. The lowest BCUT2D eigenvalue weighted by Crippen LogP contribution is -2.42. The molecule has 3 nitrogen and oxygen atoms in total. The molecule has 96 valence electrons. The first-order chi connectivity index (χ1) is 7.34. The number of hydrogen-bond acceptors (Lipinski definition) is 3. The summed E-state index contributed by atoms with van der Waals surface area (Å²) < 4.78 is 0. The van der Waals surface area contributed by atoms with Crippen molar-refractivity contribution in [3.05, 3.63) is 0 Å². The summed E-state index contributed by atoms with van der Waals surface area (Å²) in [5.74, 6) is 4.35. The molecule has 0 radical (unpaired) electrons. The fourth-order valence-corrected chi connectivity index (χ4v) is 2.84. The minimum Gasteiger partial charge on any atom is -0.370 e. The van der Waals surface area contributed by atoms with E-state index in [0.717, 1.165) is 32.0 Å². The van der Waals surface area contributed by atoms with Gasteiger partial charge >= 0.3 is 0 Å². The van der Waals surface area contributed by atoms with Crippen molar-refractivity contribution >= 4 is 53.5 Å². The zero-order valence-electron chi connectivity index (χ0n) is 9.85. The molecule has 0 aromatic carbocycles. The van der Waals surface area contributed by atoms with E-state index in [0.29, 0.717) is 0 Å². The third-order valence-corrected chi connectivity index (χ3v) is 4.00. The first-order valence-electron chi connectivity index (χ1n) is 5.46. The first kappa shape index (κ1) is 16.7. The molecule has 0 atom stereocenters. The highest BCUT2D eigenvalue weighted by molar-refractivity contribution is 14.0. The van der Waals surface area contributed by atoms with Gasteiger partial charge in [0.1, 0.15) is 0 Å². The van der Waals surface area contributed by atoms with Gasteiger partial charge in [0.15, 0.2) is 5.96 Å². The summed E-state index contributed by atoms with van der Waals surface area (Å²) in [7, 11) is 0. The molecule has 2 N–H and O–H groups in total. The van der Waals surface area contributed by atoms with Crippen LogP contribution in [0.4, 0.5) is 0 Å². The third-order valence-electron chi connectivity index (χ3n) is 2.37. The van der Waals surface area contributed by atoms with Crippen molar-refractivity contribution in [2.24, 2.45) is 10.7 Å². The van der Waals surface area contributed by atoms with Gasteiger partial charge in [-0.25, -0.2) is 0 Å². The lowest BCUT2D eigenvalue weighted by Gasteiger charge is -2.27. The molecule has 1 saturated heterocycles. The Morgan fingerprint density at radius 1 is 1.38 bits per heavy atom. The Hall–Kier alpha value is 0.700. The molecule has 0 bridgehead atoms. The minimum absolute atomic E-state index is 0. The van der Waals surface area contributed by atoms with Crippen LogP contribution in [0, 0.1) is 0 Å². The first-order valence-corrected chi connectivity index (χ1v) is 8.01. The largest absolute Gasteiger partial charge is 0.370 e. The van der Waals surface area contributed by atoms with Gasteiger partial charge in [0.2, 0.25) is 0 Å². The number of halogens is 1. The zero-order valence-corrected chi connectivity index (χ0v) is 13.8. The van der Waals surface area contributed by atoms with Crippen molar-refractivity contribution in [2.45, 2.75) is 12.8 Å². The molecule has 1 rings (SSSR count). The maximum absolute atomic E-state index is 5.92. The second-order valence-corrected chi connectivity index (χ2v) is 5.75. The Morgan fingerprint density at radius 3 is 2.69 bits per heavy atom.